The molecule has 2 amide bonds. The minimum atomic E-state index is -0.558. The number of carbonyl (C=O) groups excluding carboxylic acids is 2. The van der Waals surface area contributed by atoms with Crippen LogP contribution in [0.3, 0.4) is 0 Å². The number of hydrogen-bond donors (Lipinski definition) is 5. The highest BCUT2D eigenvalue weighted by molar-refractivity contribution is 6.00. The zero-order chi connectivity index (χ0) is 24.4. The van der Waals surface area contributed by atoms with Gasteiger partial charge in [-0.1, -0.05) is 30.3 Å². The van der Waals surface area contributed by atoms with E-state index in [0.717, 1.165) is 48.2 Å². The quantitative estimate of drug-likeness (QED) is 0.200. The number of aliphatic hydroxyl groups excluding tert-OH is 1. The molecule has 2 atom stereocenters. The van der Waals surface area contributed by atoms with Crippen molar-refractivity contribution in [1.29, 1.82) is 0 Å². The highest BCUT2D eigenvalue weighted by Gasteiger charge is 2.38. The van der Waals surface area contributed by atoms with E-state index in [-0.39, 0.29) is 35.9 Å². The Morgan fingerprint density at radius 2 is 2.03 bits per heavy atom. The summed E-state index contributed by atoms with van der Waals surface area (Å²) in [4.78, 5) is 35.8. The van der Waals surface area contributed by atoms with E-state index in [1.54, 1.807) is 0 Å². The molecule has 0 spiro atoms. The number of rotatable bonds is 7. The minimum absolute atomic E-state index is 0.0899. The van der Waals surface area contributed by atoms with Crippen LogP contribution in [-0.2, 0) is 0 Å². The van der Waals surface area contributed by atoms with Crippen molar-refractivity contribution in [3.63, 3.8) is 0 Å². The van der Waals surface area contributed by atoms with Crippen molar-refractivity contribution in [3.05, 3.63) is 77.0 Å². The van der Waals surface area contributed by atoms with Crippen LogP contribution in [-0.4, -0.2) is 44.9 Å². The van der Waals surface area contributed by atoms with Gasteiger partial charge < -0.3 is 20.6 Å². The fourth-order valence-corrected chi connectivity index (χ4v) is 4.77. The lowest BCUT2D eigenvalue weighted by molar-refractivity contribution is 0.0671. The van der Waals surface area contributed by atoms with E-state index >= 15 is 0 Å². The molecule has 3 heterocycles. The minimum Gasteiger partial charge on any atom is -0.394 e. The van der Waals surface area contributed by atoms with Crippen LogP contribution in [0.5, 0.6) is 0 Å². The van der Waals surface area contributed by atoms with E-state index in [9.17, 15) is 14.7 Å². The fraction of sp³-hybridized carbons (Fsp3) is 0.280. The van der Waals surface area contributed by atoms with Crippen LogP contribution in [0, 0.1) is 0 Å². The van der Waals surface area contributed by atoms with Gasteiger partial charge in [0.1, 0.15) is 11.4 Å². The molecule has 2 aliphatic heterocycles. The Morgan fingerprint density at radius 1 is 1.20 bits per heavy atom. The van der Waals surface area contributed by atoms with Gasteiger partial charge in [0.25, 0.3) is 11.8 Å². The van der Waals surface area contributed by atoms with Gasteiger partial charge in [-0.2, -0.15) is 4.98 Å². The summed E-state index contributed by atoms with van der Waals surface area (Å²) < 4.78 is 0. The van der Waals surface area contributed by atoms with Crippen LogP contribution in [0.4, 0.5) is 17.5 Å². The zero-order valence-corrected chi connectivity index (χ0v) is 19.1. The van der Waals surface area contributed by atoms with Crippen LogP contribution < -0.4 is 21.9 Å². The number of anilines is 3. The molecule has 3 aromatic rings. The van der Waals surface area contributed by atoms with E-state index in [4.69, 9.17) is 5.84 Å². The van der Waals surface area contributed by atoms with Gasteiger partial charge in [-0.15, -0.1) is 0 Å². The van der Waals surface area contributed by atoms with Crippen LogP contribution in [0.1, 0.15) is 63.2 Å². The Balaban J connectivity index is 1.43. The molecule has 0 saturated carbocycles. The van der Waals surface area contributed by atoms with Gasteiger partial charge in [-0.3, -0.25) is 15.0 Å². The normalized spacial score (nSPS) is 17.4. The van der Waals surface area contributed by atoms with Crippen molar-refractivity contribution in [2.45, 2.75) is 31.3 Å². The smallest absolute Gasteiger partial charge is 0.270 e. The number of hydrazine groups is 1. The second-order valence-corrected chi connectivity index (χ2v) is 8.66. The summed E-state index contributed by atoms with van der Waals surface area (Å²) in [5.41, 5.74) is 5.58. The van der Waals surface area contributed by atoms with Crippen molar-refractivity contribution in [3.8, 4) is 0 Å². The lowest BCUT2D eigenvalue weighted by Crippen LogP contribution is -2.32. The number of nitrogens with two attached hydrogens (primary N) is 1. The predicted octanol–water partition coefficient (Wildman–Crippen LogP) is 2.65. The zero-order valence-electron chi connectivity index (χ0n) is 19.1. The summed E-state index contributed by atoms with van der Waals surface area (Å²) >= 11 is 0. The highest BCUT2D eigenvalue weighted by atomic mass is 16.3. The highest BCUT2D eigenvalue weighted by Crippen LogP contribution is 2.41. The summed E-state index contributed by atoms with van der Waals surface area (Å²) in [5, 5.41) is 16.3. The summed E-state index contributed by atoms with van der Waals surface area (Å²) in [6.07, 6.45) is 4.46. The lowest BCUT2D eigenvalue weighted by Gasteiger charge is -2.29. The van der Waals surface area contributed by atoms with E-state index in [1.807, 2.05) is 53.4 Å². The molecule has 0 aliphatic carbocycles. The van der Waals surface area contributed by atoms with Gasteiger partial charge in [0.05, 0.1) is 18.7 Å². The number of carbonyl (C=O) groups is 2. The first-order chi connectivity index (χ1) is 17.1. The molecule has 1 saturated heterocycles. The number of nitrogens with zero attached hydrogens (tertiary/aromatic N) is 3. The largest absolute Gasteiger partial charge is 0.394 e. The van der Waals surface area contributed by atoms with Gasteiger partial charge in [-0.05, 0) is 48.6 Å². The van der Waals surface area contributed by atoms with Crippen LogP contribution in [0.15, 0.2) is 54.7 Å². The molecule has 35 heavy (non-hydrogen) atoms. The first kappa shape index (κ1) is 22.8. The molecule has 1 unspecified atom stereocenters. The Labute approximate surface area is 202 Å². The second-order valence-electron chi connectivity index (χ2n) is 8.66. The van der Waals surface area contributed by atoms with E-state index in [1.165, 1.54) is 6.20 Å². The number of aromatic nitrogens is 2. The molecule has 2 aromatic carbocycles. The molecule has 2 aliphatic rings. The van der Waals surface area contributed by atoms with Gasteiger partial charge in [0.15, 0.2) is 0 Å². The van der Waals surface area contributed by atoms with Crippen molar-refractivity contribution < 1.29 is 14.7 Å². The van der Waals surface area contributed by atoms with Gasteiger partial charge >= 0.3 is 0 Å². The van der Waals surface area contributed by atoms with Crippen LogP contribution in [0.2, 0.25) is 0 Å². The van der Waals surface area contributed by atoms with Crippen molar-refractivity contribution in [1.82, 2.24) is 20.3 Å². The third-order valence-electron chi connectivity index (χ3n) is 6.52. The van der Waals surface area contributed by atoms with Crippen molar-refractivity contribution >= 4 is 29.3 Å². The summed E-state index contributed by atoms with van der Waals surface area (Å²) in [6, 6.07) is 14.6. The monoisotopic (exact) mass is 473 g/mol. The topological polar surface area (TPSA) is 146 Å². The van der Waals surface area contributed by atoms with Crippen molar-refractivity contribution in [2.75, 3.05) is 23.8 Å². The Morgan fingerprint density at radius 3 is 2.80 bits per heavy atom. The van der Waals surface area contributed by atoms with Gasteiger partial charge in [0, 0.05) is 24.0 Å². The molecular weight excluding hydrogens is 446 g/mol. The Kier molecular flexibility index (Phi) is 6.30. The predicted molar refractivity (Wildman–Crippen MR) is 131 cm³/mol. The van der Waals surface area contributed by atoms with E-state index < -0.39 is 11.9 Å². The maximum absolute atomic E-state index is 12.7. The number of nitrogens with one attached hydrogen (secondary N) is 3. The lowest BCUT2D eigenvalue weighted by atomic mass is 9.97. The molecule has 10 nitrogen and oxygen atoms in total. The molecule has 1 fully saturated rings. The maximum atomic E-state index is 12.7. The number of benzene rings is 2. The Hall–Kier alpha value is -4.02. The number of fused-ring (bicyclic) bond motifs is 3. The second kappa shape index (κ2) is 9.69. The molecule has 0 bridgehead atoms. The summed E-state index contributed by atoms with van der Waals surface area (Å²) in [7, 11) is 0. The van der Waals surface area contributed by atoms with Crippen LogP contribution in [0.25, 0.3) is 0 Å². The molecule has 180 valence electrons. The molecule has 1 aromatic heterocycles. The summed E-state index contributed by atoms with van der Waals surface area (Å²) in [5.74, 6) is 5.36. The Bertz CT molecular complexity index is 1250. The molecule has 10 heteroatoms. The van der Waals surface area contributed by atoms with E-state index in [0.29, 0.717) is 0 Å². The number of hydrogen-bond acceptors (Lipinski definition) is 8. The molecule has 6 N–H and O–H groups in total. The van der Waals surface area contributed by atoms with Crippen LogP contribution >= 0.6 is 0 Å². The standard InChI is InChI=1S/C25H27N7O3/c26-31-23(34)19-13-27-25(30-22(19)29-20(14-33)15-6-2-1-3-7-15)28-16-9-10-17-18(12-16)21-8-4-5-11-32(21)24(17)35/h1-3,6-7,9-10,12-13,20-21,33H,4-5,8,11,14,26H2,(H,31,34)(H2,27,28,29,30)/t20-,21?/m1/s1. The molecule has 5 rings (SSSR count). The van der Waals surface area contributed by atoms with Gasteiger partial charge in [0.2, 0.25) is 5.95 Å². The third kappa shape index (κ3) is 4.41. The molecule has 0 radical (unpaired) electrons. The number of aliphatic hydroxyl groups is 1. The first-order valence-corrected chi connectivity index (χ1v) is 11.6. The first-order valence-electron chi connectivity index (χ1n) is 11.6. The number of nitrogen functional groups attached to an aromatic ring is 1. The summed E-state index contributed by atoms with van der Waals surface area (Å²) in [6.45, 7) is 0.578. The van der Waals surface area contributed by atoms with Gasteiger partial charge in [-0.25, -0.2) is 10.8 Å². The van der Waals surface area contributed by atoms with E-state index in [2.05, 4.69) is 26.0 Å². The fourth-order valence-electron chi connectivity index (χ4n) is 4.77. The molecular formula is C25H27N7O3. The number of amides is 2. The van der Waals surface area contributed by atoms with Crippen molar-refractivity contribution in [2.24, 2.45) is 5.84 Å². The maximum Gasteiger partial charge on any atom is 0.270 e. The third-order valence-corrected chi connectivity index (χ3v) is 6.52. The number of piperidine rings is 1. The average molecular weight is 474 g/mol. The average Bonchev–Trinajstić information content (AvgIpc) is 3.19. The SMILES string of the molecule is NNC(=O)c1cnc(Nc2ccc3c(c2)C2CCCCN2C3=O)nc1N[C@H](CO)c1ccccc1.